The smallest absolute Gasteiger partial charge is 0.321 e. The molecule has 26 heavy (non-hydrogen) atoms. The van der Waals surface area contributed by atoms with Gasteiger partial charge < -0.3 is 20.1 Å². The number of aryl methyl sites for hydroxylation is 1. The number of hydrogen-bond acceptors (Lipinski definition) is 4. The number of rotatable bonds is 3. The SMILES string of the molecule is CCc1ccc(NC(=O)N2CCN(c3ncnc4[nH]ccc34)CC2)cc1. The highest BCUT2D eigenvalue weighted by Crippen LogP contribution is 2.23. The summed E-state index contributed by atoms with van der Waals surface area (Å²) in [5, 5.41) is 4.00. The molecule has 1 aliphatic rings. The molecule has 2 amide bonds. The third kappa shape index (κ3) is 3.20. The van der Waals surface area contributed by atoms with Crippen LogP contribution in [0.3, 0.4) is 0 Å². The van der Waals surface area contributed by atoms with Crippen molar-refractivity contribution >= 4 is 28.6 Å². The van der Waals surface area contributed by atoms with Crippen molar-refractivity contribution in [2.45, 2.75) is 13.3 Å². The molecule has 1 saturated heterocycles. The maximum Gasteiger partial charge on any atom is 0.321 e. The van der Waals surface area contributed by atoms with E-state index in [1.54, 1.807) is 6.33 Å². The van der Waals surface area contributed by atoms with Gasteiger partial charge in [0.1, 0.15) is 17.8 Å². The number of H-pyrrole nitrogens is 1. The highest BCUT2D eigenvalue weighted by Gasteiger charge is 2.23. The van der Waals surface area contributed by atoms with Crippen LogP contribution in [0.15, 0.2) is 42.9 Å². The standard InChI is InChI=1S/C19H22N6O/c1-2-14-3-5-15(6-4-14)23-19(26)25-11-9-24(10-12-25)18-16-7-8-20-17(16)21-13-22-18/h3-8,13H,2,9-12H2,1H3,(H,23,26)(H,20,21,22). The Bertz CT molecular complexity index is 896. The molecule has 0 unspecified atom stereocenters. The number of aromatic nitrogens is 3. The Balaban J connectivity index is 1.38. The van der Waals surface area contributed by atoms with Crippen molar-refractivity contribution in [3.05, 3.63) is 48.4 Å². The molecule has 0 aliphatic carbocycles. The Hall–Kier alpha value is -3.09. The molecular formula is C19H22N6O. The second-order valence-electron chi connectivity index (χ2n) is 6.39. The fraction of sp³-hybridized carbons (Fsp3) is 0.316. The number of nitrogens with one attached hydrogen (secondary N) is 2. The van der Waals surface area contributed by atoms with Crippen molar-refractivity contribution in [2.24, 2.45) is 0 Å². The summed E-state index contributed by atoms with van der Waals surface area (Å²) in [6, 6.07) is 9.94. The van der Waals surface area contributed by atoms with Crippen molar-refractivity contribution in [3.8, 4) is 0 Å². The summed E-state index contributed by atoms with van der Waals surface area (Å²) >= 11 is 0. The summed E-state index contributed by atoms with van der Waals surface area (Å²) < 4.78 is 0. The fourth-order valence-corrected chi connectivity index (χ4v) is 3.26. The van der Waals surface area contributed by atoms with Crippen LogP contribution in [0.4, 0.5) is 16.3 Å². The number of piperazine rings is 1. The molecule has 2 N–H and O–H groups in total. The van der Waals surface area contributed by atoms with Gasteiger partial charge in [0.25, 0.3) is 0 Å². The van der Waals surface area contributed by atoms with Crippen LogP contribution in [0.5, 0.6) is 0 Å². The highest BCUT2D eigenvalue weighted by molar-refractivity contribution is 5.90. The molecule has 0 radical (unpaired) electrons. The van der Waals surface area contributed by atoms with Crippen molar-refractivity contribution in [1.82, 2.24) is 19.9 Å². The van der Waals surface area contributed by atoms with Crippen LogP contribution in [0.25, 0.3) is 11.0 Å². The zero-order valence-electron chi connectivity index (χ0n) is 14.8. The molecule has 4 rings (SSSR count). The lowest BCUT2D eigenvalue weighted by molar-refractivity contribution is 0.208. The minimum absolute atomic E-state index is 0.0524. The molecule has 7 nitrogen and oxygen atoms in total. The lowest BCUT2D eigenvalue weighted by Crippen LogP contribution is -2.50. The van der Waals surface area contributed by atoms with E-state index < -0.39 is 0 Å². The molecular weight excluding hydrogens is 328 g/mol. The van der Waals surface area contributed by atoms with E-state index in [0.29, 0.717) is 13.1 Å². The second kappa shape index (κ2) is 7.03. The van der Waals surface area contributed by atoms with E-state index in [4.69, 9.17) is 0 Å². The van der Waals surface area contributed by atoms with Crippen LogP contribution in [-0.2, 0) is 6.42 Å². The molecule has 0 spiro atoms. The molecule has 3 aromatic rings. The van der Waals surface area contributed by atoms with Crippen molar-refractivity contribution in [2.75, 3.05) is 36.4 Å². The van der Waals surface area contributed by atoms with Gasteiger partial charge in [0.15, 0.2) is 0 Å². The lowest BCUT2D eigenvalue weighted by atomic mass is 10.1. The largest absolute Gasteiger partial charge is 0.352 e. The Labute approximate surface area is 152 Å². The summed E-state index contributed by atoms with van der Waals surface area (Å²) in [6.45, 7) is 4.94. The average molecular weight is 350 g/mol. The van der Waals surface area contributed by atoms with E-state index in [0.717, 1.165) is 42.0 Å². The van der Waals surface area contributed by atoms with E-state index in [-0.39, 0.29) is 6.03 Å². The van der Waals surface area contributed by atoms with E-state index in [9.17, 15) is 4.79 Å². The third-order valence-electron chi connectivity index (χ3n) is 4.81. The number of benzene rings is 1. The summed E-state index contributed by atoms with van der Waals surface area (Å²) in [7, 11) is 0. The number of carbonyl (C=O) groups excluding carboxylic acids is 1. The first-order chi connectivity index (χ1) is 12.7. The molecule has 2 aromatic heterocycles. The van der Waals surface area contributed by atoms with Gasteiger partial charge in [0.05, 0.1) is 5.39 Å². The first-order valence-corrected chi connectivity index (χ1v) is 8.92. The third-order valence-corrected chi connectivity index (χ3v) is 4.81. The molecule has 1 aromatic carbocycles. The Morgan fingerprint density at radius 2 is 1.88 bits per heavy atom. The number of urea groups is 1. The second-order valence-corrected chi connectivity index (χ2v) is 6.39. The van der Waals surface area contributed by atoms with Gasteiger partial charge in [-0.15, -0.1) is 0 Å². The predicted octanol–water partition coefficient (Wildman–Crippen LogP) is 2.87. The molecule has 0 atom stereocenters. The Morgan fingerprint density at radius 1 is 1.12 bits per heavy atom. The van der Waals surface area contributed by atoms with Gasteiger partial charge in [-0.25, -0.2) is 14.8 Å². The van der Waals surface area contributed by atoms with Gasteiger partial charge in [0.2, 0.25) is 0 Å². The van der Waals surface area contributed by atoms with Gasteiger partial charge >= 0.3 is 6.03 Å². The summed E-state index contributed by atoms with van der Waals surface area (Å²) in [4.78, 5) is 28.3. The first-order valence-electron chi connectivity index (χ1n) is 8.92. The fourth-order valence-electron chi connectivity index (χ4n) is 3.26. The normalized spacial score (nSPS) is 14.7. The number of nitrogens with zero attached hydrogens (tertiary/aromatic N) is 4. The monoisotopic (exact) mass is 350 g/mol. The maximum absolute atomic E-state index is 12.5. The van der Waals surface area contributed by atoms with Gasteiger partial charge in [-0.2, -0.15) is 0 Å². The molecule has 0 saturated carbocycles. The molecule has 3 heterocycles. The quantitative estimate of drug-likeness (QED) is 0.761. The number of aromatic amines is 1. The molecule has 1 aliphatic heterocycles. The number of carbonyl (C=O) groups is 1. The Kier molecular flexibility index (Phi) is 4.43. The number of amides is 2. The first kappa shape index (κ1) is 16.4. The number of fused-ring (bicyclic) bond motifs is 1. The zero-order valence-corrected chi connectivity index (χ0v) is 14.8. The van der Waals surface area contributed by atoms with Crippen LogP contribution in [0.2, 0.25) is 0 Å². The van der Waals surface area contributed by atoms with Crippen LogP contribution in [-0.4, -0.2) is 52.1 Å². The minimum Gasteiger partial charge on any atom is -0.352 e. The summed E-state index contributed by atoms with van der Waals surface area (Å²) in [5.41, 5.74) is 2.93. The van der Waals surface area contributed by atoms with E-state index >= 15 is 0 Å². The molecule has 134 valence electrons. The highest BCUT2D eigenvalue weighted by atomic mass is 16.2. The molecule has 0 bridgehead atoms. The van der Waals surface area contributed by atoms with Gasteiger partial charge in [-0.1, -0.05) is 19.1 Å². The van der Waals surface area contributed by atoms with Crippen molar-refractivity contribution in [1.29, 1.82) is 0 Å². The van der Waals surface area contributed by atoms with Gasteiger partial charge in [-0.05, 0) is 30.2 Å². The Morgan fingerprint density at radius 3 is 2.62 bits per heavy atom. The topological polar surface area (TPSA) is 77.2 Å². The van der Waals surface area contributed by atoms with Crippen LogP contribution >= 0.6 is 0 Å². The van der Waals surface area contributed by atoms with Crippen molar-refractivity contribution < 1.29 is 4.79 Å². The lowest BCUT2D eigenvalue weighted by Gasteiger charge is -2.35. The van der Waals surface area contributed by atoms with Crippen molar-refractivity contribution in [3.63, 3.8) is 0 Å². The van der Waals surface area contributed by atoms with E-state index in [1.807, 2.05) is 41.4 Å². The minimum atomic E-state index is -0.0524. The van der Waals surface area contributed by atoms with E-state index in [2.05, 4.69) is 32.1 Å². The molecule has 1 fully saturated rings. The van der Waals surface area contributed by atoms with Crippen LogP contribution in [0.1, 0.15) is 12.5 Å². The predicted molar refractivity (Wildman–Crippen MR) is 103 cm³/mol. The van der Waals surface area contributed by atoms with Gasteiger partial charge in [0, 0.05) is 38.1 Å². The molecule has 7 heteroatoms. The average Bonchev–Trinajstić information content (AvgIpc) is 3.17. The van der Waals surface area contributed by atoms with E-state index in [1.165, 1.54) is 5.56 Å². The maximum atomic E-state index is 12.5. The van der Waals surface area contributed by atoms with Crippen LogP contribution < -0.4 is 10.2 Å². The van der Waals surface area contributed by atoms with Gasteiger partial charge in [-0.3, -0.25) is 0 Å². The number of anilines is 2. The van der Waals surface area contributed by atoms with Crippen LogP contribution in [0, 0.1) is 0 Å². The zero-order chi connectivity index (χ0) is 17.9. The summed E-state index contributed by atoms with van der Waals surface area (Å²) in [5.74, 6) is 0.923. The summed E-state index contributed by atoms with van der Waals surface area (Å²) in [6.07, 6.45) is 4.44. The number of hydrogen-bond donors (Lipinski definition) is 2.